The summed E-state index contributed by atoms with van der Waals surface area (Å²) in [6, 6.07) is 0. The minimum Gasteiger partial charge on any atom is -0.481 e. The zero-order valence-corrected chi connectivity index (χ0v) is 13.3. The Morgan fingerprint density at radius 3 is 1.42 bits per heavy atom. The molecule has 0 aliphatic heterocycles. The van der Waals surface area contributed by atoms with Crippen LogP contribution in [0.3, 0.4) is 0 Å². The average molecular weight is 276 g/mol. The van der Waals surface area contributed by atoms with E-state index >= 15 is 0 Å². The predicted molar refractivity (Wildman–Crippen MR) is 73.7 cm³/mol. The van der Waals surface area contributed by atoms with E-state index in [1.165, 1.54) is 0 Å². The Labute approximate surface area is 115 Å². The molecule has 5 heteroatoms. The summed E-state index contributed by atoms with van der Waals surface area (Å²) in [6.45, 7) is 14.6. The first-order valence-electron chi connectivity index (χ1n) is 6.23. The lowest BCUT2D eigenvalue weighted by Gasteiger charge is -2.28. The van der Waals surface area contributed by atoms with Crippen LogP contribution >= 0.6 is 0 Å². The van der Waals surface area contributed by atoms with Crippen molar-refractivity contribution >= 4 is 11.9 Å². The van der Waals surface area contributed by atoms with Crippen LogP contribution in [-0.2, 0) is 14.5 Å². The molecule has 0 saturated heterocycles. The van der Waals surface area contributed by atoms with Gasteiger partial charge in [0.2, 0.25) is 0 Å². The summed E-state index contributed by atoms with van der Waals surface area (Å²) in [5, 5.41) is 16.5. The van der Waals surface area contributed by atoms with Crippen molar-refractivity contribution < 1.29 is 24.8 Å². The number of carboxylic acid groups (broad SMARTS) is 1. The molecule has 0 aliphatic carbocycles. The molecule has 19 heavy (non-hydrogen) atoms. The Morgan fingerprint density at radius 2 is 1.26 bits per heavy atom. The van der Waals surface area contributed by atoms with E-state index in [0.29, 0.717) is 6.42 Å². The highest BCUT2D eigenvalue weighted by Gasteiger charge is 2.34. The Kier molecular flexibility index (Phi) is 7.33. The van der Waals surface area contributed by atoms with E-state index in [-0.39, 0.29) is 5.41 Å². The summed E-state index contributed by atoms with van der Waals surface area (Å²) in [7, 11) is 0. The average Bonchev–Trinajstić information content (AvgIpc) is 2.12. The molecule has 0 aromatic heterocycles. The van der Waals surface area contributed by atoms with Gasteiger partial charge in [-0.25, -0.2) is 4.79 Å². The van der Waals surface area contributed by atoms with Gasteiger partial charge in [-0.2, -0.15) is 5.26 Å². The second kappa shape index (κ2) is 6.89. The second-order valence-corrected chi connectivity index (χ2v) is 7.56. The van der Waals surface area contributed by atoms with Gasteiger partial charge in [0.15, 0.2) is 0 Å². The van der Waals surface area contributed by atoms with Gasteiger partial charge in [0.1, 0.15) is 0 Å². The number of carbonyl (C=O) groups is 2. The molecule has 0 aromatic rings. The highest BCUT2D eigenvalue weighted by Crippen LogP contribution is 2.33. The van der Waals surface area contributed by atoms with Crippen LogP contribution in [0.4, 0.5) is 0 Å². The number of hydrogen-bond donors (Lipinski definition) is 2. The van der Waals surface area contributed by atoms with Crippen LogP contribution in [0.25, 0.3) is 0 Å². The van der Waals surface area contributed by atoms with Crippen LogP contribution in [0.15, 0.2) is 0 Å². The van der Waals surface area contributed by atoms with Crippen LogP contribution in [-0.4, -0.2) is 22.3 Å². The van der Waals surface area contributed by atoms with Crippen LogP contribution in [0.1, 0.15) is 61.8 Å². The second-order valence-electron chi connectivity index (χ2n) is 7.56. The Hall–Kier alpha value is -1.10. The highest BCUT2D eigenvalue weighted by atomic mass is 17.1. The Bertz CT molecular complexity index is 305. The van der Waals surface area contributed by atoms with Crippen LogP contribution in [0.5, 0.6) is 0 Å². The first-order valence-corrected chi connectivity index (χ1v) is 6.23. The van der Waals surface area contributed by atoms with Gasteiger partial charge in [0.05, 0.1) is 10.8 Å². The molecule has 0 heterocycles. The third kappa shape index (κ3) is 10.5. The molecule has 0 bridgehead atoms. The van der Waals surface area contributed by atoms with E-state index in [0.717, 1.165) is 0 Å². The largest absolute Gasteiger partial charge is 0.481 e. The molecule has 0 aliphatic rings. The third-order valence-electron chi connectivity index (χ3n) is 2.25. The predicted octanol–water partition coefficient (Wildman–Crippen LogP) is 3.58. The summed E-state index contributed by atoms with van der Waals surface area (Å²) in [5.74, 6) is -1.33. The normalized spacial score (nSPS) is 12.3. The van der Waals surface area contributed by atoms with Crippen molar-refractivity contribution in [1.29, 1.82) is 0 Å². The van der Waals surface area contributed by atoms with Crippen molar-refractivity contribution in [2.24, 2.45) is 16.2 Å². The van der Waals surface area contributed by atoms with Crippen LogP contribution in [0, 0.1) is 16.2 Å². The summed E-state index contributed by atoms with van der Waals surface area (Å²) in [6.07, 6.45) is 0.680. The van der Waals surface area contributed by atoms with Crippen molar-refractivity contribution in [3.8, 4) is 0 Å². The first-order chi connectivity index (χ1) is 8.13. The lowest BCUT2D eigenvalue weighted by Crippen LogP contribution is -2.30. The summed E-state index contributed by atoms with van der Waals surface area (Å²) in [4.78, 5) is 24.8. The van der Waals surface area contributed by atoms with Crippen LogP contribution in [0.2, 0.25) is 0 Å². The molecule has 0 rings (SSSR count). The monoisotopic (exact) mass is 276 g/mol. The minimum atomic E-state index is -0.757. The fraction of sp³-hybridized carbons (Fsp3) is 0.857. The summed E-state index contributed by atoms with van der Waals surface area (Å²) in [5.41, 5.74) is -1.15. The van der Waals surface area contributed by atoms with Gasteiger partial charge in [0, 0.05) is 0 Å². The number of carbonyl (C=O) groups excluding carboxylic acids is 1. The Morgan fingerprint density at radius 1 is 0.947 bits per heavy atom. The SMILES string of the molecule is CC(C)(C)C(=O)O.CC(C)(C)CC(C)(C)C(=O)OO. The van der Waals surface area contributed by atoms with E-state index in [4.69, 9.17) is 10.4 Å². The minimum absolute atomic E-state index is 0.0533. The first kappa shape index (κ1) is 20.2. The van der Waals surface area contributed by atoms with Gasteiger partial charge >= 0.3 is 11.9 Å². The lowest BCUT2D eigenvalue weighted by molar-refractivity contribution is -0.245. The standard InChI is InChI=1S/C9H18O3.C5H10O2/c1-8(2,3)6-9(4,5)7(10)12-11;1-5(2,3)4(6)7/h11H,6H2,1-5H3;1-3H3,(H,6,7). The molecule has 0 atom stereocenters. The van der Waals surface area contributed by atoms with Crippen molar-refractivity contribution in [3.05, 3.63) is 0 Å². The molecule has 0 spiro atoms. The molecule has 2 N–H and O–H groups in total. The maximum absolute atomic E-state index is 11.0. The van der Waals surface area contributed by atoms with Crippen molar-refractivity contribution in [1.82, 2.24) is 0 Å². The summed E-state index contributed by atoms with van der Waals surface area (Å²) >= 11 is 0. The lowest BCUT2D eigenvalue weighted by atomic mass is 9.76. The number of aliphatic carboxylic acids is 1. The molecule has 0 amide bonds. The van der Waals surface area contributed by atoms with E-state index in [1.807, 2.05) is 20.8 Å². The zero-order valence-electron chi connectivity index (χ0n) is 13.3. The molecule has 0 fully saturated rings. The highest BCUT2D eigenvalue weighted by molar-refractivity contribution is 5.75. The third-order valence-corrected chi connectivity index (χ3v) is 2.25. The van der Waals surface area contributed by atoms with Crippen molar-refractivity contribution in [3.63, 3.8) is 0 Å². The Balaban J connectivity index is 0. The maximum Gasteiger partial charge on any atom is 0.347 e. The molecule has 5 nitrogen and oxygen atoms in total. The van der Waals surface area contributed by atoms with E-state index in [9.17, 15) is 9.59 Å². The number of carboxylic acids is 1. The topological polar surface area (TPSA) is 83.8 Å². The van der Waals surface area contributed by atoms with Gasteiger partial charge in [0.25, 0.3) is 0 Å². The molecule has 0 saturated carbocycles. The molecular weight excluding hydrogens is 248 g/mol. The smallest absolute Gasteiger partial charge is 0.347 e. The molecule has 0 aromatic carbocycles. The molecule has 0 radical (unpaired) electrons. The molecular formula is C14H28O5. The van der Waals surface area contributed by atoms with E-state index in [1.54, 1.807) is 34.6 Å². The fourth-order valence-corrected chi connectivity index (χ4v) is 1.52. The van der Waals surface area contributed by atoms with E-state index < -0.39 is 22.8 Å². The zero-order chi connectivity index (χ0) is 16.1. The maximum atomic E-state index is 11.0. The quantitative estimate of drug-likeness (QED) is 0.595. The van der Waals surface area contributed by atoms with Gasteiger partial charge in [-0.05, 0) is 46.5 Å². The number of rotatable bonds is 2. The molecule has 114 valence electrons. The van der Waals surface area contributed by atoms with Crippen LogP contribution < -0.4 is 0 Å². The van der Waals surface area contributed by atoms with Crippen molar-refractivity contribution in [2.75, 3.05) is 0 Å². The van der Waals surface area contributed by atoms with Gasteiger partial charge < -0.3 is 9.99 Å². The van der Waals surface area contributed by atoms with Crippen molar-refractivity contribution in [2.45, 2.75) is 61.8 Å². The van der Waals surface area contributed by atoms with E-state index in [2.05, 4.69) is 4.89 Å². The number of hydrogen-bond acceptors (Lipinski definition) is 4. The van der Waals surface area contributed by atoms with Gasteiger partial charge in [-0.3, -0.25) is 4.79 Å². The molecule has 0 unspecified atom stereocenters. The fourth-order valence-electron chi connectivity index (χ4n) is 1.52. The van der Waals surface area contributed by atoms with Gasteiger partial charge in [-0.1, -0.05) is 20.8 Å². The van der Waals surface area contributed by atoms with Gasteiger partial charge in [-0.15, -0.1) is 0 Å². The summed E-state index contributed by atoms with van der Waals surface area (Å²) < 4.78 is 0.